The lowest BCUT2D eigenvalue weighted by Crippen LogP contribution is -2.34. The van der Waals surface area contributed by atoms with E-state index < -0.39 is 5.97 Å². The number of carbonyl (C=O) groups is 1. The molecule has 1 aromatic heterocycles. The number of aromatic amines is 1. The number of likely N-dealkylation sites (tertiary alicyclic amines) is 1. The Bertz CT molecular complexity index is 645. The summed E-state index contributed by atoms with van der Waals surface area (Å²) in [5, 5.41) is 10.7. The molecule has 1 aliphatic rings. The number of aromatic nitrogens is 1. The molecular formula is C16H19ClN2O2. The van der Waals surface area contributed by atoms with Crippen LogP contribution < -0.4 is 0 Å². The fourth-order valence-electron chi connectivity index (χ4n) is 3.20. The number of hydrogen-bond acceptors (Lipinski definition) is 2. The van der Waals surface area contributed by atoms with E-state index in [0.29, 0.717) is 12.5 Å². The Kier molecular flexibility index (Phi) is 4.17. The molecule has 4 nitrogen and oxygen atoms in total. The molecule has 1 aliphatic heterocycles. The van der Waals surface area contributed by atoms with Crippen LogP contribution in [0.15, 0.2) is 24.4 Å². The Balaban J connectivity index is 1.68. The Labute approximate surface area is 128 Å². The number of piperidine rings is 1. The normalized spacial score (nSPS) is 17.4. The van der Waals surface area contributed by atoms with Gasteiger partial charge in [-0.15, -0.1) is 0 Å². The van der Waals surface area contributed by atoms with Crippen LogP contribution in [0.1, 0.15) is 30.7 Å². The summed E-state index contributed by atoms with van der Waals surface area (Å²) in [5.41, 5.74) is 2.35. The minimum absolute atomic E-state index is 0.230. The van der Waals surface area contributed by atoms with Crippen LogP contribution in [0.25, 0.3) is 10.9 Å². The molecule has 1 aromatic carbocycles. The molecular weight excluding hydrogens is 288 g/mol. The third-order valence-corrected chi connectivity index (χ3v) is 4.68. The van der Waals surface area contributed by atoms with E-state index in [0.717, 1.165) is 36.5 Å². The maximum Gasteiger partial charge on any atom is 0.304 e. The first-order valence-corrected chi connectivity index (χ1v) is 7.72. The van der Waals surface area contributed by atoms with Crippen LogP contribution in [-0.2, 0) is 4.79 Å². The van der Waals surface area contributed by atoms with Crippen molar-refractivity contribution >= 4 is 28.5 Å². The van der Waals surface area contributed by atoms with Gasteiger partial charge in [0.05, 0.1) is 17.0 Å². The molecule has 2 aromatic rings. The zero-order chi connectivity index (χ0) is 14.8. The Morgan fingerprint density at radius 2 is 2.14 bits per heavy atom. The van der Waals surface area contributed by atoms with Crippen molar-refractivity contribution in [1.29, 1.82) is 0 Å². The van der Waals surface area contributed by atoms with Crippen LogP contribution in [0, 0.1) is 0 Å². The molecule has 2 N–H and O–H groups in total. The van der Waals surface area contributed by atoms with Gasteiger partial charge in [-0.3, -0.25) is 4.79 Å². The molecule has 0 aliphatic carbocycles. The van der Waals surface area contributed by atoms with Crippen LogP contribution >= 0.6 is 11.6 Å². The second-order valence-electron chi connectivity index (χ2n) is 5.67. The lowest BCUT2D eigenvalue weighted by molar-refractivity contribution is -0.137. The highest BCUT2D eigenvalue weighted by molar-refractivity contribution is 6.35. The summed E-state index contributed by atoms with van der Waals surface area (Å²) in [6, 6.07) is 6.01. The largest absolute Gasteiger partial charge is 0.481 e. The monoisotopic (exact) mass is 306 g/mol. The summed E-state index contributed by atoms with van der Waals surface area (Å²) in [5.74, 6) is -0.193. The van der Waals surface area contributed by atoms with Crippen LogP contribution in [-0.4, -0.2) is 40.6 Å². The Morgan fingerprint density at radius 1 is 1.38 bits per heavy atom. The van der Waals surface area contributed by atoms with Crippen molar-refractivity contribution < 1.29 is 9.90 Å². The first-order valence-electron chi connectivity index (χ1n) is 7.35. The van der Waals surface area contributed by atoms with Gasteiger partial charge in [-0.1, -0.05) is 23.7 Å². The molecule has 0 unspecified atom stereocenters. The first kappa shape index (κ1) is 14.4. The number of H-pyrrole nitrogens is 1. The number of nitrogens with one attached hydrogen (secondary N) is 1. The maximum atomic E-state index is 10.6. The average molecular weight is 307 g/mol. The summed E-state index contributed by atoms with van der Waals surface area (Å²) in [6.07, 6.45) is 4.44. The highest BCUT2D eigenvalue weighted by Gasteiger charge is 2.23. The summed E-state index contributed by atoms with van der Waals surface area (Å²) < 4.78 is 0. The van der Waals surface area contributed by atoms with Gasteiger partial charge in [0.1, 0.15) is 0 Å². The van der Waals surface area contributed by atoms with Crippen molar-refractivity contribution in [2.45, 2.75) is 25.2 Å². The molecule has 0 atom stereocenters. The number of benzene rings is 1. The predicted octanol–water partition coefficient (Wildman–Crippen LogP) is 3.48. The van der Waals surface area contributed by atoms with E-state index in [-0.39, 0.29) is 6.42 Å². The average Bonchev–Trinajstić information content (AvgIpc) is 2.91. The van der Waals surface area contributed by atoms with Gasteiger partial charge in [0.25, 0.3) is 0 Å². The number of nitrogens with zero attached hydrogens (tertiary/aromatic N) is 1. The van der Waals surface area contributed by atoms with E-state index in [1.807, 2.05) is 12.1 Å². The second-order valence-corrected chi connectivity index (χ2v) is 6.07. The summed E-state index contributed by atoms with van der Waals surface area (Å²) in [6.45, 7) is 2.58. The molecule has 3 rings (SSSR count). The van der Waals surface area contributed by atoms with Crippen molar-refractivity contribution in [3.8, 4) is 0 Å². The number of rotatable bonds is 4. The number of hydrogen-bond donors (Lipinski definition) is 2. The molecule has 21 heavy (non-hydrogen) atoms. The minimum atomic E-state index is -0.719. The van der Waals surface area contributed by atoms with Crippen LogP contribution in [0.3, 0.4) is 0 Å². The van der Waals surface area contributed by atoms with Gasteiger partial charge in [0, 0.05) is 18.1 Å². The fraction of sp³-hybridized carbons (Fsp3) is 0.438. The standard InChI is InChI=1S/C16H19ClN2O2/c17-14-3-1-2-12-13(10-18-16(12)14)11-4-7-19(8-5-11)9-6-15(20)21/h1-3,10-11,18H,4-9H2,(H,20,21). The molecule has 0 amide bonds. The molecule has 5 heteroatoms. The van der Waals surface area contributed by atoms with Crippen molar-refractivity contribution in [2.75, 3.05) is 19.6 Å². The second kappa shape index (κ2) is 6.08. The van der Waals surface area contributed by atoms with E-state index in [2.05, 4.69) is 22.1 Å². The van der Waals surface area contributed by atoms with Gasteiger partial charge >= 0.3 is 5.97 Å². The van der Waals surface area contributed by atoms with Gasteiger partial charge in [0.15, 0.2) is 0 Å². The summed E-state index contributed by atoms with van der Waals surface area (Å²) >= 11 is 6.21. The lowest BCUT2D eigenvalue weighted by Gasteiger charge is -2.31. The molecule has 0 bridgehead atoms. The third kappa shape index (κ3) is 3.06. The van der Waals surface area contributed by atoms with Crippen molar-refractivity contribution in [3.63, 3.8) is 0 Å². The van der Waals surface area contributed by atoms with Gasteiger partial charge in [-0.25, -0.2) is 0 Å². The van der Waals surface area contributed by atoms with Gasteiger partial charge in [-0.05, 0) is 43.5 Å². The predicted molar refractivity (Wildman–Crippen MR) is 84.0 cm³/mol. The van der Waals surface area contributed by atoms with E-state index in [1.54, 1.807) is 0 Å². The maximum absolute atomic E-state index is 10.6. The smallest absolute Gasteiger partial charge is 0.304 e. The van der Waals surface area contributed by atoms with Crippen LogP contribution in [0.2, 0.25) is 5.02 Å². The van der Waals surface area contributed by atoms with Crippen molar-refractivity contribution in [2.24, 2.45) is 0 Å². The van der Waals surface area contributed by atoms with Crippen LogP contribution in [0.4, 0.5) is 0 Å². The molecule has 1 saturated heterocycles. The zero-order valence-corrected chi connectivity index (χ0v) is 12.6. The number of fused-ring (bicyclic) bond motifs is 1. The molecule has 1 fully saturated rings. The van der Waals surface area contributed by atoms with Crippen LogP contribution in [0.5, 0.6) is 0 Å². The van der Waals surface area contributed by atoms with E-state index >= 15 is 0 Å². The number of halogens is 1. The van der Waals surface area contributed by atoms with Gasteiger partial charge in [0.2, 0.25) is 0 Å². The van der Waals surface area contributed by atoms with Gasteiger partial charge < -0.3 is 15.0 Å². The molecule has 112 valence electrons. The highest BCUT2D eigenvalue weighted by Crippen LogP contribution is 2.35. The molecule has 0 spiro atoms. The summed E-state index contributed by atoms with van der Waals surface area (Å²) in [7, 11) is 0. The SMILES string of the molecule is O=C(O)CCN1CCC(c2c[nH]c3c(Cl)cccc23)CC1. The lowest BCUT2D eigenvalue weighted by atomic mass is 9.89. The Morgan fingerprint density at radius 3 is 2.86 bits per heavy atom. The zero-order valence-electron chi connectivity index (χ0n) is 11.8. The van der Waals surface area contributed by atoms with E-state index in [1.165, 1.54) is 10.9 Å². The number of para-hydroxylation sites is 1. The molecule has 0 radical (unpaired) electrons. The van der Waals surface area contributed by atoms with Crippen molar-refractivity contribution in [1.82, 2.24) is 9.88 Å². The summed E-state index contributed by atoms with van der Waals surface area (Å²) in [4.78, 5) is 16.2. The first-order chi connectivity index (χ1) is 10.1. The van der Waals surface area contributed by atoms with E-state index in [9.17, 15) is 4.79 Å². The molecule has 0 saturated carbocycles. The van der Waals surface area contributed by atoms with Crippen molar-refractivity contribution in [3.05, 3.63) is 35.0 Å². The van der Waals surface area contributed by atoms with E-state index in [4.69, 9.17) is 16.7 Å². The Hall–Kier alpha value is -1.52. The highest BCUT2D eigenvalue weighted by atomic mass is 35.5. The quantitative estimate of drug-likeness (QED) is 0.909. The third-order valence-electron chi connectivity index (χ3n) is 4.37. The number of carboxylic acids is 1. The minimum Gasteiger partial charge on any atom is -0.481 e. The molecule has 2 heterocycles. The topological polar surface area (TPSA) is 56.3 Å². The fourth-order valence-corrected chi connectivity index (χ4v) is 3.43. The number of carboxylic acid groups (broad SMARTS) is 1. The number of aliphatic carboxylic acids is 1. The van der Waals surface area contributed by atoms with Gasteiger partial charge in [-0.2, -0.15) is 0 Å².